The quantitative estimate of drug-likeness (QED) is 0.607. The molecule has 0 saturated heterocycles. The van der Waals surface area contributed by atoms with Crippen molar-refractivity contribution in [2.75, 3.05) is 5.06 Å². The lowest BCUT2D eigenvalue weighted by Gasteiger charge is -2.26. The third-order valence-electron chi connectivity index (χ3n) is 2.52. The van der Waals surface area contributed by atoms with Crippen molar-refractivity contribution in [1.29, 1.82) is 0 Å². The number of hydrogen-bond donors (Lipinski definition) is 1. The molecule has 0 bridgehead atoms. The van der Waals surface area contributed by atoms with Crippen molar-refractivity contribution in [2.24, 2.45) is 0 Å². The van der Waals surface area contributed by atoms with E-state index in [1.807, 2.05) is 6.92 Å². The topological polar surface area (TPSA) is 53.4 Å². The van der Waals surface area contributed by atoms with Crippen molar-refractivity contribution in [3.8, 4) is 0 Å². The van der Waals surface area contributed by atoms with Crippen molar-refractivity contribution in [1.82, 2.24) is 4.98 Å². The highest BCUT2D eigenvalue weighted by molar-refractivity contribution is 5.75. The molecule has 4 nitrogen and oxygen atoms in total. The standard InChI is InChI=1S/C13H18N2O2/c1-10(2)12(8-7-11(3)16)15(17)13-6-4-5-9-14-13/h4-6,9,12,17H,1,7-8H2,2-3H3. The first-order chi connectivity index (χ1) is 8.02. The van der Waals surface area contributed by atoms with Gasteiger partial charge in [0.1, 0.15) is 5.78 Å². The molecule has 0 aliphatic carbocycles. The zero-order valence-electron chi connectivity index (χ0n) is 10.3. The van der Waals surface area contributed by atoms with E-state index < -0.39 is 0 Å². The molecule has 0 aliphatic heterocycles. The lowest BCUT2D eigenvalue weighted by Crippen LogP contribution is -2.34. The Bertz CT molecular complexity index is 390. The second-order valence-electron chi connectivity index (χ2n) is 4.14. The van der Waals surface area contributed by atoms with Gasteiger partial charge in [0.05, 0.1) is 6.04 Å². The molecular weight excluding hydrogens is 216 g/mol. The first-order valence-corrected chi connectivity index (χ1v) is 5.56. The number of hydrogen-bond acceptors (Lipinski definition) is 4. The molecule has 4 heteroatoms. The van der Waals surface area contributed by atoms with Gasteiger partial charge >= 0.3 is 0 Å². The van der Waals surface area contributed by atoms with E-state index in [1.165, 1.54) is 6.92 Å². The zero-order valence-corrected chi connectivity index (χ0v) is 10.3. The van der Waals surface area contributed by atoms with Crippen LogP contribution in [0.3, 0.4) is 0 Å². The molecule has 1 heterocycles. The van der Waals surface area contributed by atoms with Crippen molar-refractivity contribution < 1.29 is 10.0 Å². The number of carbonyl (C=O) groups is 1. The first-order valence-electron chi connectivity index (χ1n) is 5.56. The van der Waals surface area contributed by atoms with Gasteiger partial charge in [-0.1, -0.05) is 18.2 Å². The van der Waals surface area contributed by atoms with Crippen LogP contribution in [-0.4, -0.2) is 22.0 Å². The third kappa shape index (κ3) is 4.00. The van der Waals surface area contributed by atoms with Gasteiger partial charge in [-0.15, -0.1) is 0 Å². The van der Waals surface area contributed by atoms with Crippen LogP contribution in [-0.2, 0) is 4.79 Å². The van der Waals surface area contributed by atoms with Gasteiger partial charge in [-0.25, -0.2) is 10.0 Å². The molecular formula is C13H18N2O2. The summed E-state index contributed by atoms with van der Waals surface area (Å²) < 4.78 is 0. The molecule has 1 aromatic heterocycles. The predicted molar refractivity (Wildman–Crippen MR) is 67.0 cm³/mol. The summed E-state index contributed by atoms with van der Waals surface area (Å²) in [7, 11) is 0. The van der Waals surface area contributed by atoms with Crippen molar-refractivity contribution in [3.63, 3.8) is 0 Å². The fraction of sp³-hybridized carbons (Fsp3) is 0.385. The number of nitrogens with zero attached hydrogens (tertiary/aromatic N) is 2. The largest absolute Gasteiger partial charge is 0.300 e. The van der Waals surface area contributed by atoms with Crippen LogP contribution in [0.5, 0.6) is 0 Å². The maximum absolute atomic E-state index is 11.0. The van der Waals surface area contributed by atoms with E-state index in [1.54, 1.807) is 24.4 Å². The number of hydroxylamine groups is 1. The molecule has 1 aromatic rings. The minimum absolute atomic E-state index is 0.102. The predicted octanol–water partition coefficient (Wildman–Crippen LogP) is 2.59. The number of aromatic nitrogens is 1. The van der Waals surface area contributed by atoms with Crippen LogP contribution < -0.4 is 5.06 Å². The first kappa shape index (κ1) is 13.4. The Balaban J connectivity index is 2.77. The minimum Gasteiger partial charge on any atom is -0.300 e. The fourth-order valence-corrected chi connectivity index (χ4v) is 1.57. The van der Waals surface area contributed by atoms with Gasteiger partial charge in [0.15, 0.2) is 5.82 Å². The Kier molecular flexibility index (Phi) is 4.84. The van der Waals surface area contributed by atoms with Gasteiger partial charge in [-0.3, -0.25) is 5.21 Å². The average Bonchev–Trinajstić information content (AvgIpc) is 2.29. The van der Waals surface area contributed by atoms with Crippen LogP contribution in [0, 0.1) is 0 Å². The highest BCUT2D eigenvalue weighted by Gasteiger charge is 2.19. The Labute approximate surface area is 102 Å². The molecule has 0 radical (unpaired) electrons. The average molecular weight is 234 g/mol. The summed E-state index contributed by atoms with van der Waals surface area (Å²) in [6.45, 7) is 7.21. The van der Waals surface area contributed by atoms with E-state index in [2.05, 4.69) is 11.6 Å². The number of rotatable bonds is 6. The molecule has 1 unspecified atom stereocenters. The highest BCUT2D eigenvalue weighted by Crippen LogP contribution is 2.19. The van der Waals surface area contributed by atoms with Crippen LogP contribution in [0.15, 0.2) is 36.5 Å². The molecule has 0 amide bonds. The van der Waals surface area contributed by atoms with E-state index in [9.17, 15) is 10.0 Å². The van der Waals surface area contributed by atoms with Gasteiger partial charge in [-0.2, -0.15) is 0 Å². The number of pyridine rings is 1. The zero-order chi connectivity index (χ0) is 12.8. The van der Waals surface area contributed by atoms with E-state index in [4.69, 9.17) is 0 Å². The molecule has 1 atom stereocenters. The van der Waals surface area contributed by atoms with E-state index in [0.717, 1.165) is 10.6 Å². The summed E-state index contributed by atoms with van der Waals surface area (Å²) in [6, 6.07) is 5.01. The maximum Gasteiger partial charge on any atom is 0.152 e. The summed E-state index contributed by atoms with van der Waals surface area (Å²) in [4.78, 5) is 15.0. The van der Waals surface area contributed by atoms with E-state index >= 15 is 0 Å². The van der Waals surface area contributed by atoms with Crippen LogP contribution in [0.25, 0.3) is 0 Å². The third-order valence-corrected chi connectivity index (χ3v) is 2.52. The summed E-state index contributed by atoms with van der Waals surface area (Å²) in [5.41, 5.74) is 0.805. The van der Waals surface area contributed by atoms with Crippen LogP contribution in [0.1, 0.15) is 26.7 Å². The Morgan fingerprint density at radius 2 is 2.24 bits per heavy atom. The lowest BCUT2D eigenvalue weighted by atomic mass is 10.0. The Hall–Kier alpha value is -1.68. The smallest absolute Gasteiger partial charge is 0.152 e. The van der Waals surface area contributed by atoms with Crippen molar-refractivity contribution >= 4 is 11.6 Å². The monoisotopic (exact) mass is 234 g/mol. The van der Waals surface area contributed by atoms with Gasteiger partial charge < -0.3 is 4.79 Å². The van der Waals surface area contributed by atoms with E-state index in [-0.39, 0.29) is 11.8 Å². The van der Waals surface area contributed by atoms with E-state index in [0.29, 0.717) is 18.7 Å². The SMILES string of the molecule is C=C(C)C(CCC(C)=O)N(O)c1ccccn1. The molecule has 0 spiro atoms. The fourth-order valence-electron chi connectivity index (χ4n) is 1.57. The number of carbonyl (C=O) groups excluding carboxylic acids is 1. The summed E-state index contributed by atoms with van der Waals surface area (Å²) in [5.74, 6) is 0.565. The maximum atomic E-state index is 11.0. The number of ketones is 1. The summed E-state index contributed by atoms with van der Waals surface area (Å²) in [5, 5.41) is 11.1. The van der Waals surface area contributed by atoms with Crippen LogP contribution in [0.4, 0.5) is 5.82 Å². The highest BCUT2D eigenvalue weighted by atomic mass is 16.5. The van der Waals surface area contributed by atoms with Gasteiger partial charge in [-0.05, 0) is 32.4 Å². The van der Waals surface area contributed by atoms with Crippen molar-refractivity contribution in [2.45, 2.75) is 32.7 Å². The lowest BCUT2D eigenvalue weighted by molar-refractivity contribution is -0.117. The minimum atomic E-state index is -0.284. The number of anilines is 1. The van der Waals surface area contributed by atoms with Crippen LogP contribution >= 0.6 is 0 Å². The molecule has 92 valence electrons. The second kappa shape index (κ2) is 6.15. The Morgan fingerprint density at radius 1 is 1.53 bits per heavy atom. The van der Waals surface area contributed by atoms with Gasteiger partial charge in [0.2, 0.25) is 0 Å². The van der Waals surface area contributed by atoms with Crippen LogP contribution in [0.2, 0.25) is 0 Å². The van der Waals surface area contributed by atoms with Gasteiger partial charge in [0.25, 0.3) is 0 Å². The molecule has 0 saturated carbocycles. The molecule has 0 fully saturated rings. The normalized spacial score (nSPS) is 11.9. The van der Waals surface area contributed by atoms with Gasteiger partial charge in [0, 0.05) is 12.6 Å². The summed E-state index contributed by atoms with van der Waals surface area (Å²) in [6.07, 6.45) is 2.57. The Morgan fingerprint density at radius 3 is 2.71 bits per heavy atom. The van der Waals surface area contributed by atoms with Crippen molar-refractivity contribution in [3.05, 3.63) is 36.5 Å². The molecule has 0 aliphatic rings. The molecule has 1 N–H and O–H groups in total. The molecule has 17 heavy (non-hydrogen) atoms. The molecule has 1 rings (SSSR count). The second-order valence-corrected chi connectivity index (χ2v) is 4.14. The summed E-state index contributed by atoms with van der Waals surface area (Å²) >= 11 is 0. The molecule has 0 aromatic carbocycles. The number of Topliss-reactive ketones (excluding diaryl/α,β-unsaturated/α-hetero) is 1.